The molecule has 0 saturated carbocycles. The van der Waals surface area contributed by atoms with Crippen molar-refractivity contribution >= 4 is 72.1 Å². The van der Waals surface area contributed by atoms with E-state index in [0.29, 0.717) is 0 Å². The summed E-state index contributed by atoms with van der Waals surface area (Å²) >= 11 is 0. The second-order valence-electron chi connectivity index (χ2n) is 12.6. The Hall–Kier alpha value is -6.47. The lowest BCUT2D eigenvalue weighted by molar-refractivity contribution is 1.19. The Morgan fingerprint density at radius 1 is 0.417 bits per heavy atom. The molecule has 2 heterocycles. The predicted molar refractivity (Wildman–Crippen MR) is 206 cm³/mol. The molecule has 8 aromatic carbocycles. The molecule has 0 saturated heterocycles. The third-order valence-corrected chi connectivity index (χ3v) is 9.94. The van der Waals surface area contributed by atoms with Gasteiger partial charge in [0.25, 0.3) is 12.4 Å². The van der Waals surface area contributed by atoms with Gasteiger partial charge in [-0.3, -0.25) is 0 Å². The van der Waals surface area contributed by atoms with Crippen LogP contribution in [0, 0.1) is 0 Å². The fraction of sp³-hybridized carbons (Fsp3) is 0. The maximum atomic E-state index is 4.32. The molecule has 1 aliphatic heterocycles. The molecule has 0 N–H and O–H groups in total. The van der Waals surface area contributed by atoms with Crippen molar-refractivity contribution in [2.24, 2.45) is 0 Å². The van der Waals surface area contributed by atoms with E-state index in [2.05, 4.69) is 173 Å². The number of nitrogens with zero attached hydrogens (tertiary/aromatic N) is 2. The molecule has 9 aromatic rings. The highest BCUT2D eigenvalue weighted by molar-refractivity contribution is 6.22. The fourth-order valence-electron chi connectivity index (χ4n) is 7.65. The molecule has 0 atom stereocenters. The number of rotatable bonds is 4. The Bertz CT molecular complexity index is 2860. The molecule has 1 aliphatic rings. The number of hydrogen-bond acceptors (Lipinski definition) is 0. The van der Waals surface area contributed by atoms with Crippen LogP contribution in [0.1, 0.15) is 5.56 Å². The van der Waals surface area contributed by atoms with Gasteiger partial charge in [0.15, 0.2) is 0 Å². The van der Waals surface area contributed by atoms with Crippen LogP contribution < -0.4 is 4.67 Å². The number of hydrogen-bond donors (Lipinski definition) is 0. The first kappa shape index (κ1) is 26.7. The van der Waals surface area contributed by atoms with Gasteiger partial charge in [-0.25, -0.2) is 0 Å². The molecule has 0 spiro atoms. The van der Waals surface area contributed by atoms with Gasteiger partial charge >= 0.3 is 0 Å². The molecule has 222 valence electrons. The third-order valence-electron chi connectivity index (χ3n) is 9.94. The molecular formula is C46H29N2+. The van der Waals surface area contributed by atoms with Crippen LogP contribution in [-0.4, -0.2) is 17.0 Å². The van der Waals surface area contributed by atoms with Crippen LogP contribution in [0.15, 0.2) is 164 Å². The summed E-state index contributed by atoms with van der Waals surface area (Å²) in [7, 11) is 0. The van der Waals surface area contributed by atoms with Crippen molar-refractivity contribution in [2.45, 2.75) is 0 Å². The van der Waals surface area contributed by atoms with Crippen LogP contribution >= 0.6 is 0 Å². The zero-order valence-corrected chi connectivity index (χ0v) is 26.1. The minimum absolute atomic E-state index is 1.15. The first-order valence-corrected chi connectivity index (χ1v) is 16.4. The molecule has 48 heavy (non-hydrogen) atoms. The van der Waals surface area contributed by atoms with Crippen LogP contribution in [0.3, 0.4) is 0 Å². The van der Waals surface area contributed by atoms with E-state index in [-0.39, 0.29) is 0 Å². The molecule has 2 heteroatoms. The number of fused-ring (bicyclic) bond motifs is 7. The summed E-state index contributed by atoms with van der Waals surface area (Å²) in [6.45, 7) is 0. The third kappa shape index (κ3) is 4.11. The highest BCUT2D eigenvalue weighted by Gasteiger charge is 2.18. The van der Waals surface area contributed by atoms with E-state index in [9.17, 15) is 0 Å². The van der Waals surface area contributed by atoms with Crippen molar-refractivity contribution in [3.05, 3.63) is 169 Å². The first-order chi connectivity index (χ1) is 23.8. The van der Waals surface area contributed by atoms with Crippen LogP contribution in [-0.2, 0) is 0 Å². The summed E-state index contributed by atoms with van der Waals surface area (Å²) in [5.41, 5.74) is 10.9. The average Bonchev–Trinajstić information content (AvgIpc) is 3.81. The van der Waals surface area contributed by atoms with E-state index in [1.807, 2.05) is 12.4 Å². The topological polar surface area (TPSA) is 19.0 Å². The molecule has 0 unspecified atom stereocenters. The molecule has 0 amide bonds. The van der Waals surface area contributed by atoms with E-state index in [1.54, 1.807) is 0 Å². The summed E-state index contributed by atoms with van der Waals surface area (Å²) in [6.07, 6.45) is 5.89. The van der Waals surface area contributed by atoms with Gasteiger partial charge in [0.05, 0.1) is 16.6 Å². The van der Waals surface area contributed by atoms with Crippen LogP contribution in [0.25, 0.3) is 87.6 Å². The van der Waals surface area contributed by atoms with Gasteiger partial charge in [-0.15, -0.1) is 4.67 Å². The monoisotopic (exact) mass is 609 g/mol. The Labute approximate surface area is 277 Å². The van der Waals surface area contributed by atoms with Crippen molar-refractivity contribution in [1.82, 2.24) is 9.24 Å². The second-order valence-corrected chi connectivity index (χ2v) is 12.6. The molecule has 0 radical (unpaired) electrons. The predicted octanol–water partition coefficient (Wildman–Crippen LogP) is 11.2. The van der Waals surface area contributed by atoms with Gasteiger partial charge in [0.1, 0.15) is 0 Å². The smallest absolute Gasteiger partial charge is 0.300 e. The molecule has 2 nitrogen and oxygen atoms in total. The zero-order chi connectivity index (χ0) is 31.6. The number of allylic oxidation sites excluding steroid dienone is 2. The van der Waals surface area contributed by atoms with Crippen molar-refractivity contribution < 1.29 is 0 Å². The zero-order valence-electron chi connectivity index (χ0n) is 26.1. The van der Waals surface area contributed by atoms with Crippen LogP contribution in [0.2, 0.25) is 0 Å². The minimum Gasteiger partial charge on any atom is -0.309 e. The Balaban J connectivity index is 1.19. The minimum atomic E-state index is 1.15. The van der Waals surface area contributed by atoms with E-state index in [1.165, 1.54) is 81.9 Å². The van der Waals surface area contributed by atoms with Gasteiger partial charge < -0.3 is 4.57 Å². The molecule has 10 rings (SSSR count). The molecule has 0 bridgehead atoms. The fourth-order valence-corrected chi connectivity index (χ4v) is 7.65. The summed E-state index contributed by atoms with van der Waals surface area (Å²) in [5, 5.41) is 9.99. The van der Waals surface area contributed by atoms with E-state index < -0.39 is 0 Å². The van der Waals surface area contributed by atoms with Gasteiger partial charge in [-0.2, -0.15) is 0 Å². The normalized spacial score (nSPS) is 12.6. The van der Waals surface area contributed by atoms with Crippen molar-refractivity contribution in [3.8, 4) is 27.9 Å². The highest BCUT2D eigenvalue weighted by atomic mass is 15.0. The Morgan fingerprint density at radius 3 is 1.92 bits per heavy atom. The molecule has 1 aromatic heterocycles. The average molecular weight is 610 g/mol. The van der Waals surface area contributed by atoms with Crippen LogP contribution in [0.4, 0.5) is 0 Å². The first-order valence-electron chi connectivity index (χ1n) is 16.4. The van der Waals surface area contributed by atoms with Gasteiger partial charge in [0.2, 0.25) is 0 Å². The molecule has 0 fully saturated rings. The van der Waals surface area contributed by atoms with Gasteiger partial charge in [-0.05, 0) is 85.1 Å². The van der Waals surface area contributed by atoms with E-state index >= 15 is 0 Å². The standard InChI is InChI=1S/C46H29N2/c1-2-10-37(11-3-1)48-45-28-33(32-15-14-30-8-4-5-9-31(30)26-32)16-20-43(45)44-21-18-35-27-34(17-19-40(35)46(44)48)38-22-23-39(36-24-25-47-29-36)42-13-7-6-12-41(38)42/h1-29H/q+1. The molecular weight excluding hydrogens is 581 g/mol. The van der Waals surface area contributed by atoms with Crippen LogP contribution in [0.5, 0.6) is 0 Å². The second kappa shape index (κ2) is 10.5. The lowest BCUT2D eigenvalue weighted by atomic mass is 9.91. The summed E-state index contributed by atoms with van der Waals surface area (Å²) in [4.78, 5) is 0. The van der Waals surface area contributed by atoms with Gasteiger partial charge in [-0.1, -0.05) is 127 Å². The summed E-state index contributed by atoms with van der Waals surface area (Å²) in [5.74, 6) is 0. The Kier molecular flexibility index (Phi) is 5.86. The number of benzene rings is 8. The molecule has 0 aliphatic carbocycles. The van der Waals surface area contributed by atoms with E-state index in [0.717, 1.165) is 11.3 Å². The summed E-state index contributed by atoms with van der Waals surface area (Å²) in [6, 6.07) is 57.8. The largest absolute Gasteiger partial charge is 0.309 e. The van der Waals surface area contributed by atoms with Crippen molar-refractivity contribution in [1.29, 1.82) is 0 Å². The number of para-hydroxylation sites is 1. The lowest BCUT2D eigenvalue weighted by Gasteiger charge is -2.13. The maximum Gasteiger partial charge on any atom is 0.300 e. The van der Waals surface area contributed by atoms with Gasteiger partial charge in [0, 0.05) is 27.9 Å². The van der Waals surface area contributed by atoms with Crippen molar-refractivity contribution in [3.63, 3.8) is 0 Å². The van der Waals surface area contributed by atoms with Crippen molar-refractivity contribution in [2.75, 3.05) is 0 Å². The SMILES string of the molecule is C1=[N+]=CC(c2ccc(-c3ccc4c(ccc5c6ccc(-c7ccc8ccccc8c7)cc6n(-c6ccccc6)c45)c3)c3ccccc23)=C1. The Morgan fingerprint density at radius 2 is 1.06 bits per heavy atom. The summed E-state index contributed by atoms with van der Waals surface area (Å²) < 4.78 is 6.77. The number of aromatic nitrogens is 1. The van der Waals surface area contributed by atoms with E-state index in [4.69, 9.17) is 0 Å². The quantitative estimate of drug-likeness (QED) is 0.177. The highest BCUT2D eigenvalue weighted by Crippen LogP contribution is 2.41. The lowest BCUT2D eigenvalue weighted by Crippen LogP contribution is -1.94. The maximum absolute atomic E-state index is 4.32.